The quantitative estimate of drug-likeness (QED) is 0.669. The van der Waals surface area contributed by atoms with E-state index in [-0.39, 0.29) is 11.6 Å². The first kappa shape index (κ1) is 15.7. The van der Waals surface area contributed by atoms with Crippen molar-refractivity contribution >= 4 is 23.0 Å². The molecule has 2 rings (SSSR count). The number of hydrogen-bond acceptors (Lipinski definition) is 5. The fourth-order valence-corrected chi connectivity index (χ4v) is 1.77. The number of nitrogens with zero attached hydrogens (tertiary/aromatic N) is 3. The first-order valence-corrected chi connectivity index (χ1v) is 6.74. The number of carbonyl (C=O) groups excluding carboxylic acids is 1. The Labute approximate surface area is 133 Å². The number of nitriles is 2. The van der Waals surface area contributed by atoms with Crippen molar-refractivity contribution in [1.82, 2.24) is 0 Å². The van der Waals surface area contributed by atoms with Crippen molar-refractivity contribution in [3.8, 4) is 12.1 Å². The van der Waals surface area contributed by atoms with Crippen molar-refractivity contribution in [2.45, 2.75) is 6.92 Å². The van der Waals surface area contributed by atoms with Gasteiger partial charge in [0.05, 0.1) is 5.69 Å². The van der Waals surface area contributed by atoms with Gasteiger partial charge in [-0.25, -0.2) is 0 Å². The van der Waals surface area contributed by atoms with Gasteiger partial charge in [-0.05, 0) is 37.3 Å². The molecule has 2 N–H and O–H groups in total. The maximum Gasteiger partial charge on any atom is 0.255 e. The number of benzene rings is 2. The van der Waals surface area contributed by atoms with Crippen molar-refractivity contribution < 1.29 is 4.79 Å². The van der Waals surface area contributed by atoms with Crippen molar-refractivity contribution in [3.05, 3.63) is 59.7 Å². The van der Waals surface area contributed by atoms with Crippen LogP contribution in [0.15, 0.2) is 53.6 Å². The van der Waals surface area contributed by atoms with E-state index in [0.29, 0.717) is 16.9 Å². The monoisotopic (exact) mass is 303 g/mol. The van der Waals surface area contributed by atoms with Crippen molar-refractivity contribution in [1.29, 1.82) is 10.5 Å². The first-order chi connectivity index (χ1) is 11.1. The minimum absolute atomic E-state index is 0.222. The number of anilines is 2. The fraction of sp³-hybridized carbons (Fsp3) is 0.0588. The van der Waals surface area contributed by atoms with Gasteiger partial charge in [-0.1, -0.05) is 23.8 Å². The SMILES string of the molecule is Cc1ccc(C(=O)Nc2cccc(NN=C(C#N)C#N)c2)cc1. The van der Waals surface area contributed by atoms with E-state index in [0.717, 1.165) is 5.56 Å². The molecule has 112 valence electrons. The van der Waals surface area contributed by atoms with Crippen LogP contribution >= 0.6 is 0 Å². The summed E-state index contributed by atoms with van der Waals surface area (Å²) in [4.78, 5) is 12.2. The summed E-state index contributed by atoms with van der Waals surface area (Å²) < 4.78 is 0. The minimum atomic E-state index is -0.279. The Morgan fingerprint density at radius 1 is 1.04 bits per heavy atom. The normalized spacial score (nSPS) is 9.17. The van der Waals surface area contributed by atoms with Gasteiger partial charge >= 0.3 is 0 Å². The van der Waals surface area contributed by atoms with Gasteiger partial charge in [0.2, 0.25) is 5.71 Å². The van der Waals surface area contributed by atoms with Gasteiger partial charge < -0.3 is 5.32 Å². The van der Waals surface area contributed by atoms with Gasteiger partial charge in [-0.3, -0.25) is 10.2 Å². The molecule has 0 atom stereocenters. The number of amides is 1. The molecule has 2 aromatic rings. The van der Waals surface area contributed by atoms with Gasteiger partial charge in [-0.2, -0.15) is 15.6 Å². The minimum Gasteiger partial charge on any atom is -0.322 e. The van der Waals surface area contributed by atoms with E-state index in [9.17, 15) is 4.79 Å². The molecule has 0 saturated heterocycles. The Bertz CT molecular complexity index is 809. The highest BCUT2D eigenvalue weighted by atomic mass is 16.1. The molecule has 0 aliphatic rings. The maximum absolute atomic E-state index is 12.2. The summed E-state index contributed by atoms with van der Waals surface area (Å²) in [6.07, 6.45) is 0. The zero-order chi connectivity index (χ0) is 16.7. The summed E-state index contributed by atoms with van der Waals surface area (Å²) in [7, 11) is 0. The molecular formula is C17H13N5O. The van der Waals surface area contributed by atoms with E-state index in [2.05, 4.69) is 15.8 Å². The van der Waals surface area contributed by atoms with Crippen LogP contribution < -0.4 is 10.7 Å². The molecule has 23 heavy (non-hydrogen) atoms. The lowest BCUT2D eigenvalue weighted by Gasteiger charge is -2.07. The second kappa shape index (κ2) is 7.39. The highest BCUT2D eigenvalue weighted by molar-refractivity contribution is 6.10. The number of rotatable bonds is 4. The van der Waals surface area contributed by atoms with Crippen LogP contribution in [0.1, 0.15) is 15.9 Å². The number of aryl methyl sites for hydroxylation is 1. The van der Waals surface area contributed by atoms with Crippen LogP contribution in [0.5, 0.6) is 0 Å². The Morgan fingerprint density at radius 2 is 1.70 bits per heavy atom. The molecule has 0 saturated carbocycles. The van der Waals surface area contributed by atoms with Crippen LogP contribution in [0.2, 0.25) is 0 Å². The lowest BCUT2D eigenvalue weighted by molar-refractivity contribution is 0.102. The lowest BCUT2D eigenvalue weighted by Crippen LogP contribution is -2.11. The summed E-state index contributed by atoms with van der Waals surface area (Å²) in [5.74, 6) is -0.222. The average molecular weight is 303 g/mol. The molecule has 0 aromatic heterocycles. The van der Waals surface area contributed by atoms with E-state index >= 15 is 0 Å². The largest absolute Gasteiger partial charge is 0.322 e. The topological polar surface area (TPSA) is 101 Å². The molecule has 0 unspecified atom stereocenters. The average Bonchev–Trinajstić information content (AvgIpc) is 2.56. The molecule has 2 aromatic carbocycles. The summed E-state index contributed by atoms with van der Waals surface area (Å²) in [5.41, 5.74) is 5.08. The molecule has 0 aliphatic carbocycles. The number of nitrogens with one attached hydrogen (secondary N) is 2. The third-order valence-corrected chi connectivity index (χ3v) is 2.94. The maximum atomic E-state index is 12.2. The number of carbonyl (C=O) groups is 1. The van der Waals surface area contributed by atoms with E-state index in [1.807, 2.05) is 19.1 Å². The summed E-state index contributed by atoms with van der Waals surface area (Å²) in [6.45, 7) is 1.95. The van der Waals surface area contributed by atoms with Crippen molar-refractivity contribution in [3.63, 3.8) is 0 Å². The van der Waals surface area contributed by atoms with Crippen molar-refractivity contribution in [2.75, 3.05) is 10.7 Å². The molecule has 0 heterocycles. The van der Waals surface area contributed by atoms with E-state index in [1.165, 1.54) is 0 Å². The van der Waals surface area contributed by atoms with Crippen LogP contribution in [0.25, 0.3) is 0 Å². The molecule has 0 aliphatic heterocycles. The summed E-state index contributed by atoms with van der Waals surface area (Å²) in [5, 5.41) is 23.7. The van der Waals surface area contributed by atoms with Crippen LogP contribution in [0.3, 0.4) is 0 Å². The van der Waals surface area contributed by atoms with E-state index in [4.69, 9.17) is 10.5 Å². The summed E-state index contributed by atoms with van der Waals surface area (Å²) in [6, 6.07) is 17.4. The fourth-order valence-electron chi connectivity index (χ4n) is 1.77. The highest BCUT2D eigenvalue weighted by Crippen LogP contribution is 2.16. The van der Waals surface area contributed by atoms with Crippen LogP contribution in [-0.4, -0.2) is 11.6 Å². The van der Waals surface area contributed by atoms with Gasteiger partial charge in [0.25, 0.3) is 5.91 Å². The molecule has 0 radical (unpaired) electrons. The number of hydrazone groups is 1. The molecule has 6 heteroatoms. The first-order valence-electron chi connectivity index (χ1n) is 6.74. The lowest BCUT2D eigenvalue weighted by atomic mass is 10.1. The van der Waals surface area contributed by atoms with Crippen LogP contribution in [-0.2, 0) is 0 Å². The third-order valence-electron chi connectivity index (χ3n) is 2.94. The highest BCUT2D eigenvalue weighted by Gasteiger charge is 2.06. The van der Waals surface area contributed by atoms with Gasteiger partial charge in [-0.15, -0.1) is 0 Å². The summed E-state index contributed by atoms with van der Waals surface area (Å²) >= 11 is 0. The van der Waals surface area contributed by atoms with Gasteiger partial charge in [0, 0.05) is 11.3 Å². The molecule has 1 amide bonds. The number of hydrogen-bond donors (Lipinski definition) is 2. The predicted molar refractivity (Wildman–Crippen MR) is 87.9 cm³/mol. The Balaban J connectivity index is 2.10. The Hall–Kier alpha value is -3.64. The Kier molecular flexibility index (Phi) is 5.06. The van der Waals surface area contributed by atoms with Gasteiger partial charge in [0.15, 0.2) is 0 Å². The standard InChI is InChI=1S/C17H13N5O/c1-12-5-7-13(8-6-12)17(23)20-14-3-2-4-15(9-14)21-22-16(10-18)11-19/h2-9,21H,1H3,(H,20,23). The predicted octanol–water partition coefficient (Wildman–Crippen LogP) is 3.06. The molecule has 0 spiro atoms. The molecule has 0 bridgehead atoms. The molecular weight excluding hydrogens is 290 g/mol. The van der Waals surface area contributed by atoms with Gasteiger partial charge in [0.1, 0.15) is 12.1 Å². The van der Waals surface area contributed by atoms with E-state index < -0.39 is 0 Å². The Morgan fingerprint density at radius 3 is 2.35 bits per heavy atom. The zero-order valence-corrected chi connectivity index (χ0v) is 12.4. The second-order valence-corrected chi connectivity index (χ2v) is 4.70. The van der Waals surface area contributed by atoms with Crippen LogP contribution in [0.4, 0.5) is 11.4 Å². The van der Waals surface area contributed by atoms with Crippen LogP contribution in [0, 0.1) is 29.6 Å². The van der Waals surface area contributed by atoms with E-state index in [1.54, 1.807) is 48.5 Å². The molecule has 0 fully saturated rings. The smallest absolute Gasteiger partial charge is 0.255 e. The second-order valence-electron chi connectivity index (χ2n) is 4.70. The molecule has 6 nitrogen and oxygen atoms in total. The van der Waals surface area contributed by atoms with Crippen molar-refractivity contribution in [2.24, 2.45) is 5.10 Å². The third kappa shape index (κ3) is 4.42. The zero-order valence-electron chi connectivity index (χ0n) is 12.4.